The predicted octanol–water partition coefficient (Wildman–Crippen LogP) is 2.86. The fourth-order valence-electron chi connectivity index (χ4n) is 3.64. The zero-order chi connectivity index (χ0) is 14.1. The fraction of sp³-hybridized carbons (Fsp3) is 0.588. The standard InChI is InChI=1S/C17H24N2O/c1-19(2)16-8-6-12(7-9-16)17(20)13-10-14-4-3-5-15(11-13)18-14/h6-9,13-15,18H,3-5,10-11H2,1-2H3. The molecule has 108 valence electrons. The van der Waals surface area contributed by atoms with E-state index in [9.17, 15) is 4.79 Å². The van der Waals surface area contributed by atoms with Gasteiger partial charge in [-0.1, -0.05) is 6.42 Å². The minimum atomic E-state index is 0.219. The van der Waals surface area contributed by atoms with Crippen molar-refractivity contribution in [3.05, 3.63) is 29.8 Å². The zero-order valence-electron chi connectivity index (χ0n) is 12.4. The number of Topliss-reactive ketones (excluding diaryl/α,β-unsaturated/α-hetero) is 1. The van der Waals surface area contributed by atoms with Crippen molar-refractivity contribution in [2.75, 3.05) is 19.0 Å². The van der Waals surface area contributed by atoms with Crippen LogP contribution in [0.5, 0.6) is 0 Å². The van der Waals surface area contributed by atoms with Gasteiger partial charge in [0.05, 0.1) is 0 Å². The molecule has 20 heavy (non-hydrogen) atoms. The van der Waals surface area contributed by atoms with Crippen molar-refractivity contribution in [3.63, 3.8) is 0 Å². The summed E-state index contributed by atoms with van der Waals surface area (Å²) in [6, 6.07) is 9.17. The third-order valence-electron chi connectivity index (χ3n) is 4.75. The summed E-state index contributed by atoms with van der Waals surface area (Å²) >= 11 is 0. The minimum absolute atomic E-state index is 0.219. The first-order valence-corrected chi connectivity index (χ1v) is 7.71. The number of fused-ring (bicyclic) bond motifs is 2. The van der Waals surface area contributed by atoms with E-state index in [4.69, 9.17) is 0 Å². The molecule has 0 aliphatic carbocycles. The number of carbonyl (C=O) groups is 1. The van der Waals surface area contributed by atoms with E-state index in [2.05, 4.69) is 10.2 Å². The lowest BCUT2D eigenvalue weighted by atomic mass is 9.77. The van der Waals surface area contributed by atoms with E-state index in [1.165, 1.54) is 19.3 Å². The van der Waals surface area contributed by atoms with E-state index in [0.29, 0.717) is 17.9 Å². The van der Waals surface area contributed by atoms with Gasteiger partial charge in [-0.15, -0.1) is 0 Å². The molecule has 1 N–H and O–H groups in total. The monoisotopic (exact) mass is 272 g/mol. The second-order valence-electron chi connectivity index (χ2n) is 6.47. The van der Waals surface area contributed by atoms with Crippen molar-refractivity contribution < 1.29 is 4.79 Å². The van der Waals surface area contributed by atoms with Crippen LogP contribution in [0.3, 0.4) is 0 Å². The number of piperidine rings is 2. The molecule has 3 rings (SSSR count). The van der Waals surface area contributed by atoms with Crippen molar-refractivity contribution in [2.24, 2.45) is 5.92 Å². The molecule has 0 amide bonds. The Kier molecular flexibility index (Phi) is 3.79. The van der Waals surface area contributed by atoms with Gasteiger partial charge in [-0.05, 0) is 49.9 Å². The molecular formula is C17H24N2O. The number of benzene rings is 1. The summed E-state index contributed by atoms with van der Waals surface area (Å²) < 4.78 is 0. The topological polar surface area (TPSA) is 32.3 Å². The van der Waals surface area contributed by atoms with E-state index in [1.54, 1.807) is 0 Å². The Morgan fingerprint density at radius 2 is 1.70 bits per heavy atom. The maximum absolute atomic E-state index is 12.7. The molecule has 0 radical (unpaired) electrons. The molecule has 3 heteroatoms. The Balaban J connectivity index is 1.72. The summed E-state index contributed by atoms with van der Waals surface area (Å²) in [5.74, 6) is 0.561. The van der Waals surface area contributed by atoms with Gasteiger partial charge in [0, 0.05) is 43.3 Å². The van der Waals surface area contributed by atoms with Gasteiger partial charge < -0.3 is 10.2 Å². The summed E-state index contributed by atoms with van der Waals surface area (Å²) in [4.78, 5) is 14.7. The van der Waals surface area contributed by atoms with Gasteiger partial charge in [-0.3, -0.25) is 4.79 Å². The van der Waals surface area contributed by atoms with Gasteiger partial charge in [-0.25, -0.2) is 0 Å². The molecule has 2 bridgehead atoms. The van der Waals surface area contributed by atoms with Gasteiger partial charge in [0.15, 0.2) is 5.78 Å². The third kappa shape index (κ3) is 2.73. The molecule has 2 unspecified atom stereocenters. The van der Waals surface area contributed by atoms with Gasteiger partial charge in [0.25, 0.3) is 0 Å². The van der Waals surface area contributed by atoms with E-state index in [1.807, 2.05) is 38.4 Å². The summed E-state index contributed by atoms with van der Waals surface area (Å²) in [5, 5.41) is 3.65. The molecule has 2 atom stereocenters. The first-order chi connectivity index (χ1) is 9.63. The van der Waals surface area contributed by atoms with Crippen molar-refractivity contribution in [1.82, 2.24) is 5.32 Å². The highest BCUT2D eigenvalue weighted by Gasteiger charge is 2.34. The summed E-state index contributed by atoms with van der Waals surface area (Å²) in [6.07, 6.45) is 5.83. The lowest BCUT2D eigenvalue weighted by molar-refractivity contribution is 0.0825. The third-order valence-corrected chi connectivity index (χ3v) is 4.75. The zero-order valence-corrected chi connectivity index (χ0v) is 12.4. The van der Waals surface area contributed by atoms with Crippen LogP contribution in [0.1, 0.15) is 42.5 Å². The highest BCUT2D eigenvalue weighted by atomic mass is 16.1. The lowest BCUT2D eigenvalue weighted by Crippen LogP contribution is -2.50. The van der Waals surface area contributed by atoms with Crippen molar-refractivity contribution in [2.45, 2.75) is 44.2 Å². The molecule has 2 aliphatic heterocycles. The van der Waals surface area contributed by atoms with Crippen LogP contribution in [-0.4, -0.2) is 32.0 Å². The van der Waals surface area contributed by atoms with E-state index in [0.717, 1.165) is 24.1 Å². The molecule has 0 spiro atoms. The van der Waals surface area contributed by atoms with Crippen molar-refractivity contribution >= 4 is 11.5 Å². The largest absolute Gasteiger partial charge is 0.378 e. The van der Waals surface area contributed by atoms with Crippen LogP contribution < -0.4 is 10.2 Å². The number of rotatable bonds is 3. The number of ketones is 1. The van der Waals surface area contributed by atoms with Crippen LogP contribution in [0.4, 0.5) is 5.69 Å². The van der Waals surface area contributed by atoms with E-state index < -0.39 is 0 Å². The summed E-state index contributed by atoms with van der Waals surface area (Å²) in [5.41, 5.74) is 2.02. The molecule has 0 saturated carbocycles. The Bertz CT molecular complexity index is 468. The Morgan fingerprint density at radius 3 is 2.25 bits per heavy atom. The quantitative estimate of drug-likeness (QED) is 0.859. The van der Waals surface area contributed by atoms with Gasteiger partial charge in [0.2, 0.25) is 0 Å². The molecule has 0 aromatic heterocycles. The summed E-state index contributed by atoms with van der Waals surface area (Å²) in [6.45, 7) is 0. The van der Waals surface area contributed by atoms with Crippen LogP contribution in [-0.2, 0) is 0 Å². The Morgan fingerprint density at radius 1 is 1.10 bits per heavy atom. The number of anilines is 1. The lowest BCUT2D eigenvalue weighted by Gasteiger charge is -2.39. The SMILES string of the molecule is CN(C)c1ccc(C(=O)C2CC3CCCC(C2)N3)cc1. The number of carbonyl (C=O) groups excluding carboxylic acids is 1. The second-order valence-corrected chi connectivity index (χ2v) is 6.47. The summed E-state index contributed by atoms with van der Waals surface area (Å²) in [7, 11) is 4.04. The first-order valence-electron chi connectivity index (χ1n) is 7.71. The molecular weight excluding hydrogens is 248 g/mol. The van der Waals surface area contributed by atoms with E-state index in [-0.39, 0.29) is 5.92 Å². The molecule has 3 nitrogen and oxygen atoms in total. The highest BCUT2D eigenvalue weighted by molar-refractivity contribution is 5.98. The molecule has 2 aliphatic rings. The smallest absolute Gasteiger partial charge is 0.166 e. The van der Waals surface area contributed by atoms with Gasteiger partial charge in [0.1, 0.15) is 0 Å². The molecule has 2 fully saturated rings. The molecule has 2 heterocycles. The maximum Gasteiger partial charge on any atom is 0.166 e. The first kappa shape index (κ1) is 13.6. The van der Waals surface area contributed by atoms with E-state index >= 15 is 0 Å². The number of nitrogens with one attached hydrogen (secondary N) is 1. The maximum atomic E-state index is 12.7. The van der Waals surface area contributed by atoms with Crippen LogP contribution in [0.15, 0.2) is 24.3 Å². The van der Waals surface area contributed by atoms with Gasteiger partial charge in [-0.2, -0.15) is 0 Å². The second kappa shape index (κ2) is 5.57. The Labute approximate surface area is 121 Å². The van der Waals surface area contributed by atoms with Gasteiger partial charge >= 0.3 is 0 Å². The fourth-order valence-corrected chi connectivity index (χ4v) is 3.64. The number of hydrogen-bond acceptors (Lipinski definition) is 3. The average Bonchev–Trinajstić information content (AvgIpc) is 2.46. The molecule has 1 aromatic carbocycles. The van der Waals surface area contributed by atoms with Crippen LogP contribution in [0.2, 0.25) is 0 Å². The van der Waals surface area contributed by atoms with Crippen LogP contribution in [0, 0.1) is 5.92 Å². The normalized spacial score (nSPS) is 29.0. The number of nitrogens with zero attached hydrogens (tertiary/aromatic N) is 1. The minimum Gasteiger partial charge on any atom is -0.378 e. The van der Waals surface area contributed by atoms with Crippen molar-refractivity contribution in [1.29, 1.82) is 0 Å². The van der Waals surface area contributed by atoms with Crippen molar-refractivity contribution in [3.8, 4) is 0 Å². The average molecular weight is 272 g/mol. The van der Waals surface area contributed by atoms with Crippen LogP contribution >= 0.6 is 0 Å². The molecule has 1 aromatic rings. The molecule has 2 saturated heterocycles. The number of hydrogen-bond donors (Lipinski definition) is 1. The Hall–Kier alpha value is -1.35. The van der Waals surface area contributed by atoms with Crippen LogP contribution in [0.25, 0.3) is 0 Å². The highest BCUT2D eigenvalue weighted by Crippen LogP contribution is 2.31. The predicted molar refractivity (Wildman–Crippen MR) is 82.4 cm³/mol.